The van der Waals surface area contributed by atoms with E-state index >= 15 is 0 Å². The Morgan fingerprint density at radius 3 is 2.17 bits per heavy atom. The van der Waals surface area contributed by atoms with E-state index in [-0.39, 0.29) is 10.6 Å². The molecule has 0 fully saturated rings. The van der Waals surface area contributed by atoms with Crippen molar-refractivity contribution >= 4 is 43.0 Å². The lowest BCUT2D eigenvalue weighted by Crippen LogP contribution is -2.21. The van der Waals surface area contributed by atoms with Crippen LogP contribution in [0.2, 0.25) is 0 Å². The molecule has 0 atom stereocenters. The number of rotatable bonds is 4. The number of pyridine rings is 2. The number of hydrogen-bond acceptors (Lipinski definition) is 6. The maximum absolute atomic E-state index is 13.4. The predicted octanol–water partition coefficient (Wildman–Crippen LogP) is 7.14. The molecule has 0 aliphatic heterocycles. The van der Waals surface area contributed by atoms with Crippen LogP contribution in [-0.2, 0) is 22.6 Å². The molecule has 0 unspecified atom stereocenters. The van der Waals surface area contributed by atoms with Crippen molar-refractivity contribution in [3.8, 4) is 22.9 Å². The second kappa shape index (κ2) is 11.9. The fraction of sp³-hybridized carbons (Fsp3) is 0.135. The van der Waals surface area contributed by atoms with E-state index in [2.05, 4.69) is 46.4 Å². The predicted molar refractivity (Wildman–Crippen MR) is 184 cm³/mol. The zero-order valence-electron chi connectivity index (χ0n) is 26.2. The van der Waals surface area contributed by atoms with Gasteiger partial charge >= 0.3 is 5.69 Å². The molecule has 234 valence electrons. The fourth-order valence-electron chi connectivity index (χ4n) is 5.47. The van der Waals surface area contributed by atoms with Crippen LogP contribution < -0.4 is 5.69 Å². The molecule has 0 saturated heterocycles. The molecule has 0 radical (unpaired) electrons. The zero-order valence-corrected chi connectivity index (χ0v) is 27.0. The van der Waals surface area contributed by atoms with Crippen LogP contribution in [0, 0.1) is 18.3 Å². The molecule has 3 heterocycles. The second-order valence-corrected chi connectivity index (χ2v) is 13.3. The van der Waals surface area contributed by atoms with Crippen molar-refractivity contribution in [2.75, 3.05) is 0 Å². The monoisotopic (exact) mass is 641 g/mol. The Labute approximate surface area is 271 Å². The molecule has 0 bridgehead atoms. The third-order valence-electron chi connectivity index (χ3n) is 8.27. The van der Waals surface area contributed by atoms with Crippen molar-refractivity contribution < 1.29 is 13.0 Å². The summed E-state index contributed by atoms with van der Waals surface area (Å²) in [6, 6.07) is 32.3. The molecular formula is C37H31N5O4S. The fourth-order valence-corrected chi connectivity index (χ4v) is 5.95. The molecule has 3 aromatic heterocycles. The van der Waals surface area contributed by atoms with Gasteiger partial charge in [-0.2, -0.15) is 13.7 Å². The van der Waals surface area contributed by atoms with Crippen molar-refractivity contribution in [3.63, 3.8) is 0 Å². The normalized spacial score (nSPS) is 11.7. The first-order chi connectivity index (χ1) is 22.4. The van der Waals surface area contributed by atoms with E-state index < -0.39 is 15.5 Å². The lowest BCUT2D eigenvalue weighted by Gasteiger charge is -2.16. The van der Waals surface area contributed by atoms with Crippen molar-refractivity contribution in [1.29, 1.82) is 5.26 Å². The van der Waals surface area contributed by atoms with E-state index in [4.69, 9.17) is 4.55 Å². The largest absolute Gasteiger partial charge is 0.333 e. The molecule has 7 aromatic rings. The summed E-state index contributed by atoms with van der Waals surface area (Å²) in [6.07, 6.45) is 3.55. The van der Waals surface area contributed by atoms with E-state index in [0.29, 0.717) is 0 Å². The number of imidazole rings is 1. The minimum Gasteiger partial charge on any atom is -0.293 e. The summed E-state index contributed by atoms with van der Waals surface area (Å²) in [5.74, 6) is 0. The SMILES string of the molecule is Cc1ccc(S(=O)(=O)O)cc1.Cn1c(=O)n(-c2ccc(C(C)(C)C#N)cc2)c2c3cc(-c4ccc5ncccc5c4)ccc3ncc21. The van der Waals surface area contributed by atoms with Crippen molar-refractivity contribution in [2.24, 2.45) is 7.05 Å². The lowest BCUT2D eigenvalue weighted by molar-refractivity contribution is 0.483. The average Bonchev–Trinajstić information content (AvgIpc) is 3.33. The molecule has 1 N–H and O–H groups in total. The Hall–Kier alpha value is -5.63. The number of aryl methyl sites for hydroxylation is 2. The summed E-state index contributed by atoms with van der Waals surface area (Å²) in [4.78, 5) is 22.4. The first-order valence-corrected chi connectivity index (χ1v) is 16.2. The molecule has 0 aliphatic rings. The van der Waals surface area contributed by atoms with Gasteiger partial charge in [0.25, 0.3) is 10.1 Å². The number of nitrogens with zero attached hydrogens (tertiary/aromatic N) is 5. The van der Waals surface area contributed by atoms with Gasteiger partial charge in [0.15, 0.2) is 0 Å². The number of nitriles is 1. The van der Waals surface area contributed by atoms with Crippen LogP contribution in [0.1, 0.15) is 25.0 Å². The molecule has 0 amide bonds. The van der Waals surface area contributed by atoms with Crippen LogP contribution in [0.5, 0.6) is 0 Å². The Bertz CT molecular complexity index is 2510. The van der Waals surface area contributed by atoms with Gasteiger partial charge in [0, 0.05) is 24.0 Å². The summed E-state index contributed by atoms with van der Waals surface area (Å²) in [7, 11) is -2.25. The number of aromatic nitrogens is 4. The van der Waals surface area contributed by atoms with E-state index in [9.17, 15) is 18.5 Å². The van der Waals surface area contributed by atoms with E-state index in [1.165, 1.54) is 12.1 Å². The Morgan fingerprint density at radius 1 is 0.851 bits per heavy atom. The lowest BCUT2D eigenvalue weighted by atomic mass is 9.86. The van der Waals surface area contributed by atoms with Gasteiger partial charge in [0.1, 0.15) is 0 Å². The molecule has 7 rings (SSSR count). The summed E-state index contributed by atoms with van der Waals surface area (Å²) in [5.41, 5.74) is 7.30. The quantitative estimate of drug-likeness (QED) is 0.202. The third kappa shape index (κ3) is 6.02. The number of fused-ring (bicyclic) bond motifs is 4. The molecule has 0 spiro atoms. The van der Waals surface area contributed by atoms with Crippen molar-refractivity contribution in [2.45, 2.75) is 31.1 Å². The highest BCUT2D eigenvalue weighted by molar-refractivity contribution is 7.85. The van der Waals surface area contributed by atoms with Crippen molar-refractivity contribution in [1.82, 2.24) is 19.1 Å². The van der Waals surface area contributed by atoms with Gasteiger partial charge in [-0.3, -0.25) is 23.7 Å². The maximum Gasteiger partial charge on any atom is 0.333 e. The van der Waals surface area contributed by atoms with Gasteiger partial charge < -0.3 is 0 Å². The van der Waals surface area contributed by atoms with Crippen LogP contribution in [-0.4, -0.2) is 32.1 Å². The van der Waals surface area contributed by atoms with E-state index in [0.717, 1.165) is 60.8 Å². The second-order valence-electron chi connectivity index (χ2n) is 11.9. The van der Waals surface area contributed by atoms with Crippen LogP contribution in [0.3, 0.4) is 0 Å². The van der Waals surface area contributed by atoms with Gasteiger partial charge in [-0.15, -0.1) is 0 Å². The highest BCUT2D eigenvalue weighted by Gasteiger charge is 2.21. The van der Waals surface area contributed by atoms with Gasteiger partial charge in [0.2, 0.25) is 0 Å². The Morgan fingerprint density at radius 2 is 1.51 bits per heavy atom. The minimum atomic E-state index is -4.02. The van der Waals surface area contributed by atoms with E-state index in [1.807, 2.05) is 63.2 Å². The topological polar surface area (TPSA) is 131 Å². The smallest absolute Gasteiger partial charge is 0.293 e. The van der Waals surface area contributed by atoms with Crippen LogP contribution in [0.4, 0.5) is 0 Å². The van der Waals surface area contributed by atoms with Gasteiger partial charge in [-0.25, -0.2) is 4.79 Å². The summed E-state index contributed by atoms with van der Waals surface area (Å²) in [5, 5.41) is 11.5. The molecule has 10 heteroatoms. The Kier molecular flexibility index (Phi) is 7.97. The molecule has 0 saturated carbocycles. The molecule has 9 nitrogen and oxygen atoms in total. The van der Waals surface area contributed by atoms with Crippen molar-refractivity contribution in [3.05, 3.63) is 131 Å². The minimum absolute atomic E-state index is 0.0666. The highest BCUT2D eigenvalue weighted by atomic mass is 32.2. The molecular weight excluding hydrogens is 611 g/mol. The van der Waals surface area contributed by atoms with Gasteiger partial charge in [-0.05, 0) is 92.1 Å². The third-order valence-corrected chi connectivity index (χ3v) is 9.13. The van der Waals surface area contributed by atoms with E-state index in [1.54, 1.807) is 40.7 Å². The number of benzene rings is 4. The summed E-state index contributed by atoms with van der Waals surface area (Å²) in [6.45, 7) is 5.61. The first kappa shape index (κ1) is 31.4. The molecule has 47 heavy (non-hydrogen) atoms. The summed E-state index contributed by atoms with van der Waals surface area (Å²) >= 11 is 0. The average molecular weight is 642 g/mol. The zero-order chi connectivity index (χ0) is 33.5. The number of hydrogen-bond donors (Lipinski definition) is 1. The van der Waals surface area contributed by atoms with Gasteiger partial charge in [0.05, 0.1) is 50.3 Å². The molecule has 4 aromatic carbocycles. The van der Waals surface area contributed by atoms with Crippen LogP contribution in [0.25, 0.3) is 49.7 Å². The summed E-state index contributed by atoms with van der Waals surface area (Å²) < 4.78 is 32.9. The standard InChI is InChI=1S/C30H23N5O.C7H8O3S/c1-30(2,18-31)22-8-10-23(11-9-22)35-28-24-16-20(19-6-12-25-21(15-19)5-4-14-32-25)7-13-26(24)33-17-27(28)34(3)29(35)36;1-6-2-4-7(5-3-6)11(8,9)10/h4-17H,1-3H3;2-5H,1H3,(H,8,9,10). The first-order valence-electron chi connectivity index (χ1n) is 14.8. The molecule has 0 aliphatic carbocycles. The highest BCUT2D eigenvalue weighted by Crippen LogP contribution is 2.31. The Balaban J connectivity index is 0.000000300. The van der Waals surface area contributed by atoms with Gasteiger partial charge in [-0.1, -0.05) is 48.0 Å². The van der Waals surface area contributed by atoms with Crippen LogP contribution in [0.15, 0.2) is 119 Å². The van der Waals surface area contributed by atoms with Crippen LogP contribution >= 0.6 is 0 Å². The maximum atomic E-state index is 13.4.